The minimum atomic E-state index is 0.316. The Morgan fingerprint density at radius 2 is 1.50 bits per heavy atom. The van der Waals surface area contributed by atoms with Gasteiger partial charge in [-0.3, -0.25) is 0 Å². The van der Waals surface area contributed by atoms with Crippen molar-refractivity contribution >= 4 is 23.2 Å². The fourth-order valence-electron chi connectivity index (χ4n) is 6.29. The van der Waals surface area contributed by atoms with Gasteiger partial charge in [0.05, 0.1) is 0 Å². The van der Waals surface area contributed by atoms with Gasteiger partial charge in [0.2, 0.25) is 0 Å². The van der Waals surface area contributed by atoms with Gasteiger partial charge in [-0.2, -0.15) is 0 Å². The molecule has 3 aliphatic rings. The Labute approximate surface area is 196 Å². The summed E-state index contributed by atoms with van der Waals surface area (Å²) in [6.07, 6.45) is 11.5. The Balaban J connectivity index is 1.40. The van der Waals surface area contributed by atoms with E-state index in [1.807, 2.05) is 7.11 Å². The second kappa shape index (κ2) is 12.6. The number of hydrogen-bond acceptors (Lipinski definition) is 3. The number of piperidine rings is 1. The molecule has 4 atom stereocenters. The minimum absolute atomic E-state index is 0.316. The van der Waals surface area contributed by atoms with E-state index < -0.39 is 0 Å². The lowest BCUT2D eigenvalue weighted by Gasteiger charge is -2.40. The van der Waals surface area contributed by atoms with Gasteiger partial charge in [-0.25, -0.2) is 0 Å². The molecular formula is C25H46Cl2N2O. The molecule has 1 heterocycles. The molecule has 3 unspecified atom stereocenters. The molecule has 0 radical (unpaired) electrons. The van der Waals surface area contributed by atoms with Crippen LogP contribution < -0.4 is 5.32 Å². The second-order valence-corrected chi connectivity index (χ2v) is 12.1. The van der Waals surface area contributed by atoms with Crippen molar-refractivity contribution in [1.29, 1.82) is 0 Å². The Morgan fingerprint density at radius 1 is 0.867 bits per heavy atom. The Kier molecular flexibility index (Phi) is 10.6. The van der Waals surface area contributed by atoms with E-state index in [0.29, 0.717) is 34.5 Å². The SMILES string of the molecule is COCC1CC(Cl)CC(CN[C@@H](CN2CCC(C3CCC(Cl)CC3)CC2)C(C)C)C1. The van der Waals surface area contributed by atoms with Crippen LogP contribution in [0.5, 0.6) is 0 Å². The summed E-state index contributed by atoms with van der Waals surface area (Å²) in [5, 5.41) is 4.71. The number of hydrogen-bond donors (Lipinski definition) is 1. The third kappa shape index (κ3) is 7.80. The lowest BCUT2D eigenvalue weighted by Crippen LogP contribution is -2.49. The second-order valence-electron chi connectivity index (χ2n) is 10.9. The molecule has 1 aliphatic heterocycles. The first-order valence-electron chi connectivity index (χ1n) is 12.7. The van der Waals surface area contributed by atoms with Crippen LogP contribution in [0.2, 0.25) is 0 Å². The molecule has 0 aromatic heterocycles. The third-order valence-electron chi connectivity index (χ3n) is 8.18. The zero-order valence-electron chi connectivity index (χ0n) is 19.6. The van der Waals surface area contributed by atoms with E-state index in [1.54, 1.807) is 0 Å². The molecule has 1 N–H and O–H groups in total. The van der Waals surface area contributed by atoms with Crippen LogP contribution in [0.4, 0.5) is 0 Å². The van der Waals surface area contributed by atoms with Gasteiger partial charge in [0.15, 0.2) is 0 Å². The van der Waals surface area contributed by atoms with Crippen molar-refractivity contribution in [3.05, 3.63) is 0 Å². The van der Waals surface area contributed by atoms with Crippen molar-refractivity contribution in [2.45, 2.75) is 88.4 Å². The van der Waals surface area contributed by atoms with Gasteiger partial charge in [0.1, 0.15) is 0 Å². The van der Waals surface area contributed by atoms with Gasteiger partial charge in [-0.05, 0) is 107 Å². The van der Waals surface area contributed by atoms with Crippen LogP contribution in [0, 0.1) is 29.6 Å². The molecule has 1 saturated heterocycles. The van der Waals surface area contributed by atoms with Crippen LogP contribution in [-0.2, 0) is 4.74 Å². The highest BCUT2D eigenvalue weighted by Crippen LogP contribution is 2.37. The lowest BCUT2D eigenvalue weighted by atomic mass is 9.75. The molecule has 3 rings (SSSR count). The zero-order valence-corrected chi connectivity index (χ0v) is 21.1. The number of nitrogens with zero attached hydrogens (tertiary/aromatic N) is 1. The maximum atomic E-state index is 6.56. The van der Waals surface area contributed by atoms with Crippen molar-refractivity contribution in [3.63, 3.8) is 0 Å². The maximum absolute atomic E-state index is 6.56. The fourth-order valence-corrected chi connectivity index (χ4v) is 7.04. The standard InChI is InChI=1S/C25H46Cl2N2O/c1-18(2)25(28-15-19-12-20(17-30-3)14-24(27)13-19)16-29-10-8-22(9-11-29)21-4-6-23(26)7-5-21/h18-25,28H,4-17H2,1-3H3/t19?,20?,21?,23?,24?,25-/m0/s1. The quantitative estimate of drug-likeness (QED) is 0.441. The fraction of sp³-hybridized carbons (Fsp3) is 1.00. The highest BCUT2D eigenvalue weighted by molar-refractivity contribution is 6.20. The molecule has 0 aromatic carbocycles. The Bertz CT molecular complexity index is 476. The highest BCUT2D eigenvalue weighted by atomic mass is 35.5. The monoisotopic (exact) mass is 460 g/mol. The molecular weight excluding hydrogens is 415 g/mol. The van der Waals surface area contributed by atoms with Crippen LogP contribution in [0.25, 0.3) is 0 Å². The molecule has 2 saturated carbocycles. The van der Waals surface area contributed by atoms with Crippen LogP contribution in [0.1, 0.15) is 71.6 Å². The molecule has 2 aliphatic carbocycles. The summed E-state index contributed by atoms with van der Waals surface area (Å²) < 4.78 is 5.41. The summed E-state index contributed by atoms with van der Waals surface area (Å²) >= 11 is 12.9. The van der Waals surface area contributed by atoms with Crippen molar-refractivity contribution in [3.8, 4) is 0 Å². The molecule has 5 heteroatoms. The normalized spacial score (nSPS) is 35.6. The maximum Gasteiger partial charge on any atom is 0.0491 e. The summed E-state index contributed by atoms with van der Waals surface area (Å²) in [5.41, 5.74) is 0. The van der Waals surface area contributed by atoms with Crippen LogP contribution in [0.15, 0.2) is 0 Å². The van der Waals surface area contributed by atoms with Crippen molar-refractivity contribution in [2.75, 3.05) is 39.9 Å². The van der Waals surface area contributed by atoms with Crippen molar-refractivity contribution < 1.29 is 4.74 Å². The van der Waals surface area contributed by atoms with Gasteiger partial charge < -0.3 is 15.0 Å². The molecule has 176 valence electrons. The topological polar surface area (TPSA) is 24.5 Å². The summed E-state index contributed by atoms with van der Waals surface area (Å²) in [5.74, 6) is 3.85. The molecule has 0 bridgehead atoms. The van der Waals surface area contributed by atoms with Crippen LogP contribution in [0.3, 0.4) is 0 Å². The number of nitrogens with one attached hydrogen (secondary N) is 1. The van der Waals surface area contributed by atoms with Crippen LogP contribution >= 0.6 is 23.2 Å². The average molecular weight is 462 g/mol. The highest BCUT2D eigenvalue weighted by Gasteiger charge is 2.31. The molecule has 0 aromatic rings. The number of rotatable bonds is 9. The van der Waals surface area contributed by atoms with Gasteiger partial charge in [-0.1, -0.05) is 13.8 Å². The zero-order chi connectivity index (χ0) is 21.5. The molecule has 3 nitrogen and oxygen atoms in total. The molecule has 0 spiro atoms. The van der Waals surface area contributed by atoms with Gasteiger partial charge in [0, 0.05) is 37.1 Å². The number of methoxy groups -OCH3 is 1. The average Bonchev–Trinajstić information content (AvgIpc) is 2.72. The molecule has 0 amide bonds. The summed E-state index contributed by atoms with van der Waals surface area (Å²) in [6, 6.07) is 0.574. The predicted octanol–water partition coefficient (Wildman–Crippen LogP) is 5.78. The van der Waals surface area contributed by atoms with Gasteiger partial charge in [-0.15, -0.1) is 23.2 Å². The van der Waals surface area contributed by atoms with Crippen LogP contribution in [-0.4, -0.2) is 61.6 Å². The number of likely N-dealkylation sites (tertiary alicyclic amines) is 1. The van der Waals surface area contributed by atoms with E-state index in [1.165, 1.54) is 64.6 Å². The van der Waals surface area contributed by atoms with Gasteiger partial charge >= 0.3 is 0 Å². The van der Waals surface area contributed by atoms with Gasteiger partial charge in [0.25, 0.3) is 0 Å². The first kappa shape index (κ1) is 25.1. The van der Waals surface area contributed by atoms with E-state index in [9.17, 15) is 0 Å². The largest absolute Gasteiger partial charge is 0.384 e. The van der Waals surface area contributed by atoms with Crippen molar-refractivity contribution in [2.24, 2.45) is 29.6 Å². The number of ether oxygens (including phenoxy) is 1. The van der Waals surface area contributed by atoms with E-state index in [-0.39, 0.29) is 0 Å². The third-order valence-corrected chi connectivity index (χ3v) is 8.97. The number of halogens is 2. The van der Waals surface area contributed by atoms with E-state index in [4.69, 9.17) is 27.9 Å². The summed E-state index contributed by atoms with van der Waals surface area (Å²) in [6.45, 7) is 10.4. The van der Waals surface area contributed by atoms with Crippen molar-refractivity contribution in [1.82, 2.24) is 10.2 Å². The molecule has 30 heavy (non-hydrogen) atoms. The summed E-state index contributed by atoms with van der Waals surface area (Å²) in [4.78, 5) is 2.72. The first-order chi connectivity index (χ1) is 14.4. The smallest absolute Gasteiger partial charge is 0.0491 e. The predicted molar refractivity (Wildman–Crippen MR) is 130 cm³/mol. The minimum Gasteiger partial charge on any atom is -0.384 e. The van der Waals surface area contributed by atoms with E-state index in [2.05, 4.69) is 24.1 Å². The summed E-state index contributed by atoms with van der Waals surface area (Å²) in [7, 11) is 1.81. The van der Waals surface area contributed by atoms with E-state index in [0.717, 1.165) is 37.8 Å². The molecule has 3 fully saturated rings. The number of alkyl halides is 2. The first-order valence-corrected chi connectivity index (χ1v) is 13.5. The lowest BCUT2D eigenvalue weighted by molar-refractivity contribution is 0.104. The Hall–Kier alpha value is 0.460. The Morgan fingerprint density at radius 3 is 2.13 bits per heavy atom. The van der Waals surface area contributed by atoms with E-state index >= 15 is 0 Å².